The highest BCUT2D eigenvalue weighted by Gasteiger charge is 2.72. The molecule has 162 valence electrons. The molecule has 0 aromatic rings. The molecule has 0 amide bonds. The number of rotatable bonds is 4. The largest absolute Gasteiger partial charge is 0.461 e. The van der Waals surface area contributed by atoms with Gasteiger partial charge in [-0.1, -0.05) is 19.2 Å². The first-order valence-corrected chi connectivity index (χ1v) is 10.0. The van der Waals surface area contributed by atoms with E-state index in [1.807, 2.05) is 6.92 Å². The van der Waals surface area contributed by atoms with Crippen LogP contribution >= 0.6 is 0 Å². The van der Waals surface area contributed by atoms with Crippen LogP contribution in [0.4, 0.5) is 0 Å². The number of hydrogen-bond donors (Lipinski definition) is 1. The van der Waals surface area contributed by atoms with Crippen LogP contribution in [0.15, 0.2) is 36.0 Å². The van der Waals surface area contributed by atoms with E-state index in [2.05, 4.69) is 13.2 Å². The SMILES string of the molecule is C=C1C(=O)O[C@H]2[C@H]1[C@H](O)[C@H](OC(=O)/C(=C/C)COC(C)=O)C(=C)[C@@H]1C[C@H]3O[C@@]3(C)[C@H]21. The van der Waals surface area contributed by atoms with Gasteiger partial charge in [-0.25, -0.2) is 9.59 Å². The topological polar surface area (TPSA) is 112 Å². The average molecular weight is 418 g/mol. The third-order valence-corrected chi connectivity index (χ3v) is 6.95. The van der Waals surface area contributed by atoms with Crippen LogP contribution in [0.2, 0.25) is 0 Å². The minimum Gasteiger partial charge on any atom is -0.461 e. The highest BCUT2D eigenvalue weighted by Crippen LogP contribution is 2.63. The molecule has 1 N–H and O–H groups in total. The van der Waals surface area contributed by atoms with E-state index in [1.54, 1.807) is 6.92 Å². The predicted molar refractivity (Wildman–Crippen MR) is 103 cm³/mol. The van der Waals surface area contributed by atoms with Crippen LogP contribution in [-0.4, -0.2) is 59.6 Å². The molecule has 0 bridgehead atoms. The molecule has 0 spiro atoms. The summed E-state index contributed by atoms with van der Waals surface area (Å²) >= 11 is 0. The Morgan fingerprint density at radius 2 is 2.07 bits per heavy atom. The Morgan fingerprint density at radius 1 is 1.37 bits per heavy atom. The number of aliphatic hydroxyl groups excluding tert-OH is 1. The maximum absolute atomic E-state index is 12.7. The smallest absolute Gasteiger partial charge is 0.337 e. The van der Waals surface area contributed by atoms with Crippen LogP contribution < -0.4 is 0 Å². The highest BCUT2D eigenvalue weighted by atomic mass is 16.6. The Kier molecular flexibility index (Phi) is 4.90. The Morgan fingerprint density at radius 3 is 2.70 bits per heavy atom. The summed E-state index contributed by atoms with van der Waals surface area (Å²) in [6.45, 7) is 12.6. The summed E-state index contributed by atoms with van der Waals surface area (Å²) in [5, 5.41) is 11.2. The Bertz CT molecular complexity index is 872. The van der Waals surface area contributed by atoms with Crippen LogP contribution in [0.1, 0.15) is 27.2 Å². The number of esters is 3. The maximum Gasteiger partial charge on any atom is 0.337 e. The molecule has 2 aliphatic carbocycles. The number of hydrogen-bond acceptors (Lipinski definition) is 8. The summed E-state index contributed by atoms with van der Waals surface area (Å²) in [6.07, 6.45) is -0.769. The molecule has 8 atom stereocenters. The molecule has 8 nitrogen and oxygen atoms in total. The van der Waals surface area contributed by atoms with E-state index in [0.717, 1.165) is 0 Å². The van der Waals surface area contributed by atoms with Crippen LogP contribution in [0.3, 0.4) is 0 Å². The number of ether oxygens (including phenoxy) is 4. The molecule has 0 unspecified atom stereocenters. The molecule has 4 fully saturated rings. The zero-order valence-corrected chi connectivity index (χ0v) is 17.3. The molecular weight excluding hydrogens is 392 g/mol. The summed E-state index contributed by atoms with van der Waals surface area (Å²) in [5.74, 6) is -2.88. The van der Waals surface area contributed by atoms with E-state index in [-0.39, 0.29) is 35.7 Å². The van der Waals surface area contributed by atoms with Crippen LogP contribution in [0.25, 0.3) is 0 Å². The van der Waals surface area contributed by atoms with Crippen molar-refractivity contribution in [3.63, 3.8) is 0 Å². The van der Waals surface area contributed by atoms with Gasteiger partial charge in [0.2, 0.25) is 0 Å². The van der Waals surface area contributed by atoms with Crippen LogP contribution in [0, 0.1) is 17.8 Å². The Labute approximate surface area is 174 Å². The van der Waals surface area contributed by atoms with Gasteiger partial charge in [0.15, 0.2) is 0 Å². The zero-order valence-electron chi connectivity index (χ0n) is 17.3. The van der Waals surface area contributed by atoms with Crippen molar-refractivity contribution in [1.82, 2.24) is 0 Å². The summed E-state index contributed by atoms with van der Waals surface area (Å²) < 4.78 is 22.0. The lowest BCUT2D eigenvalue weighted by molar-refractivity contribution is -0.152. The van der Waals surface area contributed by atoms with Gasteiger partial charge in [-0.3, -0.25) is 4.79 Å². The fourth-order valence-corrected chi connectivity index (χ4v) is 5.26. The van der Waals surface area contributed by atoms with E-state index in [4.69, 9.17) is 18.9 Å². The Balaban J connectivity index is 1.63. The number of allylic oxidation sites excluding steroid dienone is 1. The summed E-state index contributed by atoms with van der Waals surface area (Å²) in [4.78, 5) is 36.1. The van der Waals surface area contributed by atoms with Crippen LogP contribution in [-0.2, 0) is 33.3 Å². The number of aliphatic hydroxyl groups is 1. The van der Waals surface area contributed by atoms with Gasteiger partial charge in [0.25, 0.3) is 0 Å². The standard InChI is InChI=1S/C22H26O8/c1-6-12(8-27-11(4)23)21(26)28-18-9(2)13-7-14-22(5,30-14)16(13)19-15(17(18)24)10(3)20(25)29-19/h6,13-19,24H,2-3,7-8H2,1,4-5H3/b12-6+/t13-,14+,15+,16-,17-,18+,19-,22+/m0/s1. The van der Waals surface area contributed by atoms with Crippen molar-refractivity contribution in [3.8, 4) is 0 Å². The lowest BCUT2D eigenvalue weighted by Gasteiger charge is -2.30. The number of carbonyl (C=O) groups is 3. The van der Waals surface area contributed by atoms with Gasteiger partial charge in [-0.2, -0.15) is 0 Å². The van der Waals surface area contributed by atoms with Gasteiger partial charge < -0.3 is 24.1 Å². The van der Waals surface area contributed by atoms with Crippen molar-refractivity contribution in [2.75, 3.05) is 6.61 Å². The molecule has 2 saturated carbocycles. The molecule has 4 rings (SSSR count). The van der Waals surface area contributed by atoms with Gasteiger partial charge in [0.05, 0.1) is 23.2 Å². The van der Waals surface area contributed by atoms with Crippen molar-refractivity contribution >= 4 is 17.9 Å². The molecule has 0 aromatic heterocycles. The van der Waals surface area contributed by atoms with E-state index in [9.17, 15) is 19.5 Å². The summed E-state index contributed by atoms with van der Waals surface area (Å²) in [5.41, 5.74) is 0.397. The van der Waals surface area contributed by atoms with Crippen molar-refractivity contribution < 1.29 is 38.4 Å². The normalized spacial score (nSPS) is 41.9. The second-order valence-corrected chi connectivity index (χ2v) is 8.56. The predicted octanol–water partition coefficient (Wildman–Crippen LogP) is 1.23. The van der Waals surface area contributed by atoms with Crippen molar-refractivity contribution in [1.29, 1.82) is 0 Å². The zero-order chi connectivity index (χ0) is 22.0. The molecule has 30 heavy (non-hydrogen) atoms. The monoisotopic (exact) mass is 418 g/mol. The minimum atomic E-state index is -1.25. The van der Waals surface area contributed by atoms with E-state index >= 15 is 0 Å². The first-order valence-electron chi connectivity index (χ1n) is 10.0. The van der Waals surface area contributed by atoms with Crippen molar-refractivity contribution in [2.24, 2.45) is 17.8 Å². The Hall–Kier alpha value is -2.45. The van der Waals surface area contributed by atoms with Gasteiger partial charge in [0.1, 0.15) is 24.9 Å². The first kappa shape index (κ1) is 20.8. The lowest BCUT2D eigenvalue weighted by atomic mass is 9.78. The summed E-state index contributed by atoms with van der Waals surface area (Å²) in [7, 11) is 0. The quantitative estimate of drug-likeness (QED) is 0.239. The second kappa shape index (κ2) is 7.06. The first-order chi connectivity index (χ1) is 14.1. The molecule has 8 heteroatoms. The van der Waals surface area contributed by atoms with Crippen LogP contribution in [0.5, 0.6) is 0 Å². The highest BCUT2D eigenvalue weighted by molar-refractivity contribution is 5.91. The molecule has 2 aliphatic heterocycles. The summed E-state index contributed by atoms with van der Waals surface area (Å²) in [6, 6.07) is 0. The number of fused-ring (bicyclic) bond motifs is 5. The fraction of sp³-hybridized carbons (Fsp3) is 0.591. The molecule has 2 saturated heterocycles. The van der Waals surface area contributed by atoms with E-state index in [0.29, 0.717) is 12.0 Å². The van der Waals surface area contributed by atoms with Gasteiger partial charge in [-0.15, -0.1) is 0 Å². The van der Waals surface area contributed by atoms with E-state index in [1.165, 1.54) is 13.0 Å². The number of epoxide rings is 1. The fourth-order valence-electron chi connectivity index (χ4n) is 5.26. The third-order valence-electron chi connectivity index (χ3n) is 6.95. The lowest BCUT2D eigenvalue weighted by Crippen LogP contribution is -2.42. The maximum atomic E-state index is 12.7. The average Bonchev–Trinajstić information content (AvgIpc) is 3.14. The molecule has 0 aromatic carbocycles. The molecule has 0 radical (unpaired) electrons. The molecule has 4 aliphatic rings. The third kappa shape index (κ3) is 3.01. The van der Waals surface area contributed by atoms with Gasteiger partial charge >= 0.3 is 17.9 Å². The van der Waals surface area contributed by atoms with Gasteiger partial charge in [-0.05, 0) is 31.8 Å². The van der Waals surface area contributed by atoms with Gasteiger partial charge in [0, 0.05) is 18.4 Å². The van der Waals surface area contributed by atoms with Crippen molar-refractivity contribution in [3.05, 3.63) is 36.0 Å². The molecular formula is C22H26O8. The minimum absolute atomic E-state index is 0.0131. The number of carbonyl (C=O) groups excluding carboxylic acids is 3. The molecule has 2 heterocycles. The second-order valence-electron chi connectivity index (χ2n) is 8.56. The van der Waals surface area contributed by atoms with Crippen molar-refractivity contribution in [2.45, 2.75) is 57.2 Å². The van der Waals surface area contributed by atoms with E-state index < -0.39 is 47.7 Å².